The third-order valence-electron chi connectivity index (χ3n) is 5.71. The number of carbonyl (C=O) groups is 2. The number of amides is 2. The van der Waals surface area contributed by atoms with E-state index in [0.717, 1.165) is 12.5 Å². The summed E-state index contributed by atoms with van der Waals surface area (Å²) in [5, 5.41) is -0.338. The van der Waals surface area contributed by atoms with E-state index in [1.165, 1.54) is 6.07 Å². The minimum absolute atomic E-state index is 0.0994. The van der Waals surface area contributed by atoms with Gasteiger partial charge in [0, 0.05) is 43.7 Å². The molecule has 0 spiro atoms. The lowest BCUT2D eigenvalue weighted by Gasteiger charge is -2.39. The molecule has 0 saturated carbocycles. The minimum Gasteiger partial charge on any atom is -0.369 e. The molecule has 0 bridgehead atoms. The topological polar surface area (TPSA) is 66.6 Å². The van der Waals surface area contributed by atoms with E-state index < -0.39 is 29.5 Å². The van der Waals surface area contributed by atoms with Gasteiger partial charge in [-0.25, -0.2) is 0 Å². The molecule has 0 aliphatic carbocycles. The summed E-state index contributed by atoms with van der Waals surface area (Å²) in [5.41, 5.74) is 5.16. The number of nitrogens with two attached hydrogens (primary N) is 1. The molecular formula is C22H31ClF3N3O2. The van der Waals surface area contributed by atoms with Crippen molar-refractivity contribution in [1.82, 2.24) is 4.90 Å². The van der Waals surface area contributed by atoms with Crippen LogP contribution in [0.5, 0.6) is 0 Å². The van der Waals surface area contributed by atoms with E-state index in [1.54, 1.807) is 11.0 Å². The Kier molecular flexibility index (Phi) is 8.63. The Morgan fingerprint density at radius 3 is 2.23 bits per heavy atom. The van der Waals surface area contributed by atoms with Gasteiger partial charge in [-0.3, -0.25) is 9.59 Å². The first-order valence-electron chi connectivity index (χ1n) is 10.7. The van der Waals surface area contributed by atoms with Crippen LogP contribution in [0.4, 0.5) is 18.9 Å². The highest BCUT2D eigenvalue weighted by Crippen LogP contribution is 2.37. The number of halogens is 4. The molecule has 2 N–H and O–H groups in total. The van der Waals surface area contributed by atoms with Crippen molar-refractivity contribution in [1.29, 1.82) is 0 Å². The van der Waals surface area contributed by atoms with Gasteiger partial charge >= 0.3 is 6.18 Å². The summed E-state index contributed by atoms with van der Waals surface area (Å²) in [6.45, 7) is 7.49. The van der Waals surface area contributed by atoms with E-state index in [-0.39, 0.29) is 16.8 Å². The number of anilines is 1. The smallest absolute Gasteiger partial charge is 0.369 e. The third-order valence-corrected chi connectivity index (χ3v) is 6.03. The summed E-state index contributed by atoms with van der Waals surface area (Å²) >= 11 is 5.71. The molecule has 1 heterocycles. The van der Waals surface area contributed by atoms with Gasteiger partial charge in [-0.05, 0) is 37.0 Å². The lowest BCUT2D eigenvalue weighted by atomic mass is 9.81. The maximum Gasteiger partial charge on any atom is 0.417 e. The normalized spacial score (nSPS) is 17.0. The summed E-state index contributed by atoms with van der Waals surface area (Å²) in [5.74, 6) is -1.32. The molecule has 1 aromatic carbocycles. The second kappa shape index (κ2) is 10.6. The van der Waals surface area contributed by atoms with Crippen LogP contribution in [0.2, 0.25) is 5.02 Å². The molecule has 1 fully saturated rings. The first kappa shape index (κ1) is 25.3. The standard InChI is InChI=1S/C22H31ClF3N3O2/c1-4-5-16(20(27)30)17(12-14(2)3)21(31)29-10-8-28(9-11-29)15-6-7-19(23)18(13-15)22(24,25)26/h6-7,13-14,16-17H,4-5,8-12H2,1-3H3,(H2,27,30)/t16-,17+/m0/s1. The van der Waals surface area contributed by atoms with Crippen LogP contribution in [0.1, 0.15) is 45.6 Å². The minimum atomic E-state index is -4.53. The number of primary amides is 1. The predicted molar refractivity (Wildman–Crippen MR) is 116 cm³/mol. The highest BCUT2D eigenvalue weighted by Gasteiger charge is 2.37. The van der Waals surface area contributed by atoms with Crippen LogP contribution in [0.3, 0.4) is 0 Å². The average molecular weight is 462 g/mol. The molecule has 1 aliphatic heterocycles. The van der Waals surface area contributed by atoms with E-state index in [1.807, 2.05) is 25.7 Å². The summed E-state index contributed by atoms with van der Waals surface area (Å²) < 4.78 is 39.5. The second-order valence-electron chi connectivity index (χ2n) is 8.51. The van der Waals surface area contributed by atoms with Crippen molar-refractivity contribution < 1.29 is 22.8 Å². The first-order chi connectivity index (χ1) is 14.5. The maximum atomic E-state index is 13.3. The molecule has 31 heavy (non-hydrogen) atoms. The highest BCUT2D eigenvalue weighted by molar-refractivity contribution is 6.31. The monoisotopic (exact) mass is 461 g/mol. The Morgan fingerprint density at radius 1 is 1.13 bits per heavy atom. The van der Waals surface area contributed by atoms with Gasteiger partial charge in [-0.2, -0.15) is 13.2 Å². The predicted octanol–water partition coefficient (Wildman–Crippen LogP) is 4.57. The van der Waals surface area contributed by atoms with Crippen molar-refractivity contribution in [2.24, 2.45) is 23.5 Å². The van der Waals surface area contributed by atoms with Crippen molar-refractivity contribution in [3.63, 3.8) is 0 Å². The maximum absolute atomic E-state index is 13.3. The summed E-state index contributed by atoms with van der Waals surface area (Å²) in [6.07, 6.45) is -2.65. The van der Waals surface area contributed by atoms with Crippen LogP contribution in [0.15, 0.2) is 18.2 Å². The Bertz CT molecular complexity index is 778. The van der Waals surface area contributed by atoms with E-state index in [4.69, 9.17) is 17.3 Å². The van der Waals surface area contributed by atoms with Gasteiger partial charge in [-0.15, -0.1) is 0 Å². The molecule has 2 amide bonds. The van der Waals surface area contributed by atoms with Gasteiger partial charge in [0.05, 0.1) is 10.6 Å². The van der Waals surface area contributed by atoms with Gasteiger partial charge in [0.2, 0.25) is 11.8 Å². The lowest BCUT2D eigenvalue weighted by molar-refractivity contribution is -0.142. The third kappa shape index (κ3) is 6.51. The Morgan fingerprint density at radius 2 is 1.74 bits per heavy atom. The van der Waals surface area contributed by atoms with Crippen molar-refractivity contribution in [2.45, 2.75) is 46.2 Å². The molecular weight excluding hydrogens is 431 g/mol. The van der Waals surface area contributed by atoms with Gasteiger partial charge in [0.1, 0.15) is 0 Å². The van der Waals surface area contributed by atoms with Gasteiger partial charge < -0.3 is 15.5 Å². The number of hydrogen-bond donors (Lipinski definition) is 1. The molecule has 1 saturated heterocycles. The zero-order valence-electron chi connectivity index (χ0n) is 18.2. The molecule has 2 atom stereocenters. The molecule has 1 aromatic rings. The number of hydrogen-bond acceptors (Lipinski definition) is 3. The molecule has 174 valence electrons. The quantitative estimate of drug-likeness (QED) is 0.616. The molecule has 5 nitrogen and oxygen atoms in total. The highest BCUT2D eigenvalue weighted by atomic mass is 35.5. The SMILES string of the molecule is CCC[C@H](C(N)=O)[C@@H](CC(C)C)C(=O)N1CCN(c2ccc(Cl)c(C(F)(F)F)c2)CC1. The summed E-state index contributed by atoms with van der Waals surface area (Å²) in [7, 11) is 0. The zero-order valence-corrected chi connectivity index (χ0v) is 19.0. The number of piperazine rings is 1. The van der Waals surface area contributed by atoms with E-state index in [9.17, 15) is 22.8 Å². The first-order valence-corrected chi connectivity index (χ1v) is 11.0. The van der Waals surface area contributed by atoms with E-state index in [0.29, 0.717) is 44.7 Å². The zero-order chi connectivity index (χ0) is 23.3. The van der Waals surface area contributed by atoms with Crippen LogP contribution in [0.25, 0.3) is 0 Å². The molecule has 0 radical (unpaired) electrons. The van der Waals surface area contributed by atoms with Crippen molar-refractivity contribution in [2.75, 3.05) is 31.1 Å². The Hall–Kier alpha value is -1.96. The van der Waals surface area contributed by atoms with Gasteiger partial charge in [-0.1, -0.05) is 38.8 Å². The molecule has 0 aromatic heterocycles. The fourth-order valence-electron chi connectivity index (χ4n) is 4.14. The number of nitrogens with zero attached hydrogens (tertiary/aromatic N) is 2. The molecule has 2 rings (SSSR count). The summed E-state index contributed by atoms with van der Waals surface area (Å²) in [6, 6.07) is 3.85. The second-order valence-corrected chi connectivity index (χ2v) is 8.92. The fourth-order valence-corrected chi connectivity index (χ4v) is 4.37. The number of benzene rings is 1. The van der Waals surface area contributed by atoms with Crippen molar-refractivity contribution in [3.05, 3.63) is 28.8 Å². The number of rotatable bonds is 8. The molecule has 9 heteroatoms. The van der Waals surface area contributed by atoms with Crippen molar-refractivity contribution in [3.8, 4) is 0 Å². The van der Waals surface area contributed by atoms with E-state index >= 15 is 0 Å². The van der Waals surface area contributed by atoms with Gasteiger partial charge in [0.25, 0.3) is 0 Å². The van der Waals surface area contributed by atoms with Crippen LogP contribution in [0, 0.1) is 17.8 Å². The molecule has 0 unspecified atom stereocenters. The summed E-state index contributed by atoms with van der Waals surface area (Å²) in [4.78, 5) is 28.8. The van der Waals surface area contributed by atoms with Crippen LogP contribution in [-0.4, -0.2) is 42.9 Å². The Labute approximate surface area is 186 Å². The van der Waals surface area contributed by atoms with Crippen LogP contribution in [-0.2, 0) is 15.8 Å². The largest absolute Gasteiger partial charge is 0.417 e. The van der Waals surface area contributed by atoms with Gasteiger partial charge in [0.15, 0.2) is 0 Å². The number of alkyl halides is 3. The molecule has 1 aliphatic rings. The van der Waals surface area contributed by atoms with Crippen LogP contribution >= 0.6 is 11.6 Å². The number of carbonyl (C=O) groups excluding carboxylic acids is 2. The van der Waals surface area contributed by atoms with Crippen molar-refractivity contribution >= 4 is 29.1 Å². The average Bonchev–Trinajstić information content (AvgIpc) is 2.69. The fraction of sp³-hybridized carbons (Fsp3) is 0.636. The van der Waals surface area contributed by atoms with Crippen LogP contribution < -0.4 is 10.6 Å². The Balaban J connectivity index is 2.13. The van der Waals surface area contributed by atoms with E-state index in [2.05, 4.69) is 0 Å². The lowest BCUT2D eigenvalue weighted by Crippen LogP contribution is -2.52.